The van der Waals surface area contributed by atoms with Gasteiger partial charge in [0.1, 0.15) is 0 Å². The zero-order valence-electron chi connectivity index (χ0n) is 11.2. The van der Waals surface area contributed by atoms with Crippen LogP contribution in [-0.4, -0.2) is 11.2 Å². The van der Waals surface area contributed by atoms with E-state index in [9.17, 15) is 4.79 Å². The standard InChI is InChI=1S/C17H16BrNO/c18-12-11-17(20)19-15-7-3-1-5-13(15)9-10-14-6-2-4-8-16(14)19/h1-8H,9-12H2. The number of carbonyl (C=O) groups is 1. The summed E-state index contributed by atoms with van der Waals surface area (Å²) < 4.78 is 0. The summed E-state index contributed by atoms with van der Waals surface area (Å²) in [6, 6.07) is 16.4. The van der Waals surface area contributed by atoms with Crippen molar-refractivity contribution in [3.63, 3.8) is 0 Å². The molecule has 2 aromatic carbocycles. The number of carbonyl (C=O) groups excluding carboxylic acids is 1. The van der Waals surface area contributed by atoms with Gasteiger partial charge in [0.05, 0.1) is 11.4 Å². The van der Waals surface area contributed by atoms with E-state index in [2.05, 4.69) is 28.1 Å². The number of hydrogen-bond donors (Lipinski definition) is 0. The van der Waals surface area contributed by atoms with Gasteiger partial charge in [-0.05, 0) is 36.1 Å². The molecule has 2 nitrogen and oxygen atoms in total. The van der Waals surface area contributed by atoms with Crippen LogP contribution in [0.4, 0.5) is 11.4 Å². The number of para-hydroxylation sites is 2. The van der Waals surface area contributed by atoms with Crippen molar-refractivity contribution in [3.8, 4) is 0 Å². The number of amides is 1. The molecule has 3 heteroatoms. The predicted molar refractivity (Wildman–Crippen MR) is 85.8 cm³/mol. The lowest BCUT2D eigenvalue weighted by Crippen LogP contribution is -2.26. The van der Waals surface area contributed by atoms with E-state index in [0.717, 1.165) is 24.2 Å². The van der Waals surface area contributed by atoms with Crippen LogP contribution >= 0.6 is 15.9 Å². The number of fused-ring (bicyclic) bond motifs is 2. The smallest absolute Gasteiger partial charge is 0.232 e. The van der Waals surface area contributed by atoms with Gasteiger partial charge in [0.15, 0.2) is 0 Å². The van der Waals surface area contributed by atoms with Gasteiger partial charge >= 0.3 is 0 Å². The molecule has 20 heavy (non-hydrogen) atoms. The fraction of sp³-hybridized carbons (Fsp3) is 0.235. The second-order valence-corrected chi connectivity index (χ2v) is 5.72. The molecule has 1 aliphatic rings. The number of aryl methyl sites for hydroxylation is 2. The molecule has 0 bridgehead atoms. The van der Waals surface area contributed by atoms with Crippen molar-refractivity contribution in [3.05, 3.63) is 59.7 Å². The van der Waals surface area contributed by atoms with Crippen LogP contribution in [0.2, 0.25) is 0 Å². The molecular weight excluding hydrogens is 314 g/mol. The Kier molecular flexibility index (Phi) is 3.88. The normalized spacial score (nSPS) is 13.3. The van der Waals surface area contributed by atoms with E-state index in [-0.39, 0.29) is 5.91 Å². The minimum absolute atomic E-state index is 0.142. The topological polar surface area (TPSA) is 20.3 Å². The molecule has 3 rings (SSSR count). The first-order valence-corrected chi connectivity index (χ1v) is 7.98. The minimum atomic E-state index is 0.142. The third-order valence-corrected chi connectivity index (χ3v) is 4.08. The van der Waals surface area contributed by atoms with Crippen LogP contribution in [0.5, 0.6) is 0 Å². The summed E-state index contributed by atoms with van der Waals surface area (Å²) in [5, 5.41) is 0.687. The third kappa shape index (κ3) is 2.38. The Morgan fingerprint density at radius 1 is 0.950 bits per heavy atom. The molecule has 0 spiro atoms. The van der Waals surface area contributed by atoms with Crippen molar-refractivity contribution < 1.29 is 4.79 Å². The van der Waals surface area contributed by atoms with E-state index in [1.54, 1.807) is 0 Å². The fourth-order valence-corrected chi connectivity index (χ4v) is 3.08. The first-order chi connectivity index (χ1) is 9.81. The Bertz CT molecular complexity index is 591. The maximum Gasteiger partial charge on any atom is 0.232 e. The molecule has 0 unspecified atom stereocenters. The number of hydrogen-bond acceptors (Lipinski definition) is 1. The second-order valence-electron chi connectivity index (χ2n) is 4.93. The van der Waals surface area contributed by atoms with Crippen LogP contribution < -0.4 is 4.90 Å². The van der Waals surface area contributed by atoms with Crippen LogP contribution in [0.1, 0.15) is 17.5 Å². The number of nitrogens with zero attached hydrogens (tertiary/aromatic N) is 1. The van der Waals surface area contributed by atoms with E-state index in [1.165, 1.54) is 11.1 Å². The van der Waals surface area contributed by atoms with Gasteiger partial charge in [-0.1, -0.05) is 52.3 Å². The molecule has 102 valence electrons. The Morgan fingerprint density at radius 2 is 1.45 bits per heavy atom. The van der Waals surface area contributed by atoms with Gasteiger partial charge in [0, 0.05) is 11.8 Å². The molecular formula is C17H16BrNO. The average Bonchev–Trinajstić information content (AvgIpc) is 2.64. The fourth-order valence-electron chi connectivity index (χ4n) is 2.74. The summed E-state index contributed by atoms with van der Waals surface area (Å²) in [6.45, 7) is 0. The van der Waals surface area contributed by atoms with Crippen molar-refractivity contribution >= 4 is 33.2 Å². The van der Waals surface area contributed by atoms with Crippen molar-refractivity contribution in [2.24, 2.45) is 0 Å². The lowest BCUT2D eigenvalue weighted by Gasteiger charge is -2.24. The molecule has 0 saturated heterocycles. The maximum atomic E-state index is 12.6. The van der Waals surface area contributed by atoms with Crippen LogP contribution in [0.25, 0.3) is 0 Å². The van der Waals surface area contributed by atoms with E-state index in [0.29, 0.717) is 11.8 Å². The number of anilines is 2. The highest BCUT2D eigenvalue weighted by Crippen LogP contribution is 2.36. The van der Waals surface area contributed by atoms with Crippen molar-refractivity contribution in [1.82, 2.24) is 0 Å². The Balaban J connectivity index is 2.16. The molecule has 1 heterocycles. The zero-order valence-corrected chi connectivity index (χ0v) is 12.8. The van der Waals surface area contributed by atoms with Crippen molar-refractivity contribution in [2.75, 3.05) is 10.2 Å². The number of benzene rings is 2. The summed E-state index contributed by atoms with van der Waals surface area (Å²) in [6.07, 6.45) is 2.46. The monoisotopic (exact) mass is 329 g/mol. The molecule has 0 saturated carbocycles. The number of halogens is 1. The highest BCUT2D eigenvalue weighted by molar-refractivity contribution is 9.09. The Hall–Kier alpha value is -1.61. The largest absolute Gasteiger partial charge is 0.280 e. The number of alkyl halides is 1. The minimum Gasteiger partial charge on any atom is -0.280 e. The Morgan fingerprint density at radius 3 is 1.95 bits per heavy atom. The van der Waals surface area contributed by atoms with Gasteiger partial charge in [0.25, 0.3) is 0 Å². The van der Waals surface area contributed by atoms with Gasteiger partial charge in [-0.15, -0.1) is 0 Å². The first kappa shape index (κ1) is 13.4. The zero-order chi connectivity index (χ0) is 13.9. The average molecular weight is 330 g/mol. The SMILES string of the molecule is O=C(CCBr)N1c2ccccc2CCc2ccccc21. The van der Waals surface area contributed by atoms with E-state index in [1.807, 2.05) is 41.3 Å². The molecule has 1 aliphatic heterocycles. The number of rotatable bonds is 2. The molecule has 0 N–H and O–H groups in total. The Labute approximate surface area is 127 Å². The van der Waals surface area contributed by atoms with Gasteiger partial charge in [-0.2, -0.15) is 0 Å². The first-order valence-electron chi connectivity index (χ1n) is 6.86. The summed E-state index contributed by atoms with van der Waals surface area (Å²) in [7, 11) is 0. The molecule has 0 aliphatic carbocycles. The highest BCUT2D eigenvalue weighted by atomic mass is 79.9. The quantitative estimate of drug-likeness (QED) is 0.755. The van der Waals surface area contributed by atoms with Crippen LogP contribution in [0.3, 0.4) is 0 Å². The van der Waals surface area contributed by atoms with Crippen LogP contribution in [0, 0.1) is 0 Å². The molecule has 2 aromatic rings. The summed E-state index contributed by atoms with van der Waals surface area (Å²) in [5.41, 5.74) is 4.55. The lowest BCUT2D eigenvalue weighted by molar-refractivity contribution is -0.117. The van der Waals surface area contributed by atoms with E-state index >= 15 is 0 Å². The van der Waals surface area contributed by atoms with E-state index < -0.39 is 0 Å². The predicted octanol–water partition coefficient (Wildman–Crippen LogP) is 4.23. The van der Waals surface area contributed by atoms with Crippen molar-refractivity contribution in [1.29, 1.82) is 0 Å². The summed E-state index contributed by atoms with van der Waals surface area (Å²) >= 11 is 3.37. The second kappa shape index (κ2) is 5.80. The van der Waals surface area contributed by atoms with Gasteiger partial charge < -0.3 is 0 Å². The van der Waals surface area contributed by atoms with Crippen LogP contribution in [-0.2, 0) is 17.6 Å². The molecule has 0 aromatic heterocycles. The van der Waals surface area contributed by atoms with Crippen molar-refractivity contribution in [2.45, 2.75) is 19.3 Å². The third-order valence-electron chi connectivity index (χ3n) is 3.69. The van der Waals surface area contributed by atoms with Gasteiger partial charge in [-0.3, -0.25) is 9.69 Å². The van der Waals surface area contributed by atoms with Gasteiger partial charge in [-0.25, -0.2) is 0 Å². The summed E-state index contributed by atoms with van der Waals surface area (Å²) in [5.74, 6) is 0.142. The van der Waals surface area contributed by atoms with Gasteiger partial charge in [0.2, 0.25) is 5.91 Å². The molecule has 0 fully saturated rings. The molecule has 1 amide bonds. The molecule has 0 atom stereocenters. The molecule has 0 radical (unpaired) electrons. The highest BCUT2D eigenvalue weighted by Gasteiger charge is 2.24. The van der Waals surface area contributed by atoms with Crippen LogP contribution in [0.15, 0.2) is 48.5 Å². The maximum absolute atomic E-state index is 12.6. The summed E-state index contributed by atoms with van der Waals surface area (Å²) in [4.78, 5) is 14.5. The lowest BCUT2D eigenvalue weighted by atomic mass is 10.0. The van der Waals surface area contributed by atoms with E-state index in [4.69, 9.17) is 0 Å².